The van der Waals surface area contributed by atoms with Crippen LogP contribution in [0.5, 0.6) is 0 Å². The zero-order valence-electron chi connectivity index (χ0n) is 17.2. The Bertz CT molecular complexity index is 1150. The number of carbonyl (C=O) groups is 1. The summed E-state index contributed by atoms with van der Waals surface area (Å²) in [5.41, 5.74) is 1.29. The summed E-state index contributed by atoms with van der Waals surface area (Å²) in [7, 11) is 0. The van der Waals surface area contributed by atoms with Gasteiger partial charge in [-0.2, -0.15) is 0 Å². The molecule has 3 aromatic rings. The molecule has 0 radical (unpaired) electrons. The van der Waals surface area contributed by atoms with Crippen LogP contribution in [-0.2, 0) is 11.3 Å². The molecule has 0 atom stereocenters. The summed E-state index contributed by atoms with van der Waals surface area (Å²) in [5.74, 6) is 0.101. The summed E-state index contributed by atoms with van der Waals surface area (Å²) in [6.07, 6.45) is 0. The van der Waals surface area contributed by atoms with Crippen molar-refractivity contribution in [3.8, 4) is 0 Å². The molecule has 1 aliphatic heterocycles. The molecular formula is C21H22N6O4S. The summed E-state index contributed by atoms with van der Waals surface area (Å²) < 4.78 is 1.51. The van der Waals surface area contributed by atoms with Gasteiger partial charge in [-0.25, -0.2) is 9.89 Å². The number of para-hydroxylation sites is 2. The van der Waals surface area contributed by atoms with Crippen molar-refractivity contribution in [3.05, 3.63) is 80.8 Å². The first kappa shape index (κ1) is 21.6. The van der Waals surface area contributed by atoms with Crippen molar-refractivity contribution in [2.45, 2.75) is 11.7 Å². The van der Waals surface area contributed by atoms with Crippen LogP contribution < -0.4 is 10.6 Å². The molecule has 0 aliphatic carbocycles. The third kappa shape index (κ3) is 4.83. The molecule has 11 heteroatoms. The molecule has 2 heterocycles. The number of hydrogen-bond acceptors (Lipinski definition) is 7. The number of nitro benzene ring substituents is 1. The average Bonchev–Trinajstić information content (AvgIpc) is 3.17. The minimum Gasteiger partial charge on any atom is -0.362 e. The number of aromatic nitrogens is 3. The lowest BCUT2D eigenvalue weighted by Gasteiger charge is -2.35. The minimum absolute atomic E-state index is 0.0566. The van der Waals surface area contributed by atoms with Gasteiger partial charge < -0.3 is 9.80 Å². The van der Waals surface area contributed by atoms with Gasteiger partial charge in [-0.3, -0.25) is 19.5 Å². The average molecular weight is 455 g/mol. The first-order chi connectivity index (χ1) is 15.5. The summed E-state index contributed by atoms with van der Waals surface area (Å²) in [5, 5.41) is 18.2. The predicted octanol–water partition coefficient (Wildman–Crippen LogP) is 1.97. The van der Waals surface area contributed by atoms with E-state index in [4.69, 9.17) is 0 Å². The Labute approximate surface area is 188 Å². The number of carbonyl (C=O) groups excluding carboxylic acids is 1. The van der Waals surface area contributed by atoms with Crippen LogP contribution in [0.25, 0.3) is 0 Å². The molecule has 32 heavy (non-hydrogen) atoms. The normalized spacial score (nSPS) is 13.9. The number of nitro groups is 1. The van der Waals surface area contributed by atoms with E-state index >= 15 is 0 Å². The Kier molecular flexibility index (Phi) is 6.55. The van der Waals surface area contributed by atoms with Crippen LogP contribution >= 0.6 is 11.8 Å². The number of nitrogens with one attached hydrogen (secondary N) is 1. The minimum atomic E-state index is -0.387. The largest absolute Gasteiger partial charge is 0.362 e. The third-order valence-electron chi connectivity index (χ3n) is 5.28. The van der Waals surface area contributed by atoms with Gasteiger partial charge in [0.15, 0.2) is 5.16 Å². The van der Waals surface area contributed by atoms with Gasteiger partial charge in [-0.15, -0.1) is 5.10 Å². The van der Waals surface area contributed by atoms with Crippen LogP contribution in [0, 0.1) is 10.1 Å². The maximum absolute atomic E-state index is 12.7. The van der Waals surface area contributed by atoms with Crippen molar-refractivity contribution in [1.82, 2.24) is 19.7 Å². The van der Waals surface area contributed by atoms with Crippen LogP contribution in [0.2, 0.25) is 0 Å². The molecule has 1 N–H and O–H groups in total. The van der Waals surface area contributed by atoms with E-state index in [1.165, 1.54) is 22.4 Å². The molecule has 10 nitrogen and oxygen atoms in total. The van der Waals surface area contributed by atoms with E-state index in [-0.39, 0.29) is 28.0 Å². The number of benzene rings is 2. The van der Waals surface area contributed by atoms with E-state index < -0.39 is 0 Å². The van der Waals surface area contributed by atoms with Gasteiger partial charge in [-0.1, -0.05) is 54.2 Å². The Hall–Kier alpha value is -3.60. The second kappa shape index (κ2) is 9.69. The van der Waals surface area contributed by atoms with Crippen LogP contribution in [-0.4, -0.2) is 62.4 Å². The number of H-pyrrole nitrogens is 1. The zero-order valence-corrected chi connectivity index (χ0v) is 18.0. The van der Waals surface area contributed by atoms with E-state index in [2.05, 4.69) is 10.2 Å². The quantitative estimate of drug-likeness (QED) is 0.329. The van der Waals surface area contributed by atoms with E-state index in [9.17, 15) is 19.7 Å². The lowest BCUT2D eigenvalue weighted by Crippen LogP contribution is -2.49. The number of anilines is 1. The van der Waals surface area contributed by atoms with Crippen molar-refractivity contribution in [2.24, 2.45) is 0 Å². The number of amides is 1. The van der Waals surface area contributed by atoms with Crippen molar-refractivity contribution in [3.63, 3.8) is 0 Å². The van der Waals surface area contributed by atoms with Crippen LogP contribution in [0.3, 0.4) is 0 Å². The number of piperazine rings is 1. The summed E-state index contributed by atoms with van der Waals surface area (Å²) in [4.78, 5) is 39.4. The highest BCUT2D eigenvalue weighted by Gasteiger charge is 2.25. The van der Waals surface area contributed by atoms with E-state index in [1.807, 2.05) is 35.2 Å². The Morgan fingerprint density at radius 1 is 1.06 bits per heavy atom. The predicted molar refractivity (Wildman–Crippen MR) is 121 cm³/mol. The number of rotatable bonds is 7. The van der Waals surface area contributed by atoms with Gasteiger partial charge in [0.25, 0.3) is 5.69 Å². The number of aromatic amines is 1. The maximum atomic E-state index is 12.7. The summed E-state index contributed by atoms with van der Waals surface area (Å²) in [6.45, 7) is 2.36. The summed E-state index contributed by atoms with van der Waals surface area (Å²) in [6, 6.07) is 16.2. The Morgan fingerprint density at radius 3 is 2.47 bits per heavy atom. The van der Waals surface area contributed by atoms with Gasteiger partial charge >= 0.3 is 5.69 Å². The molecule has 1 fully saturated rings. The molecule has 0 spiro atoms. The number of nitrogens with zero attached hydrogens (tertiary/aromatic N) is 5. The summed E-state index contributed by atoms with van der Waals surface area (Å²) >= 11 is 1.22. The van der Waals surface area contributed by atoms with Crippen molar-refractivity contribution in [1.29, 1.82) is 0 Å². The van der Waals surface area contributed by atoms with Crippen LogP contribution in [0.1, 0.15) is 5.56 Å². The molecule has 0 unspecified atom stereocenters. The monoisotopic (exact) mass is 454 g/mol. The van der Waals surface area contributed by atoms with E-state index in [1.54, 1.807) is 23.1 Å². The fourth-order valence-electron chi connectivity index (χ4n) is 3.62. The highest BCUT2D eigenvalue weighted by molar-refractivity contribution is 7.99. The molecule has 1 aliphatic rings. The lowest BCUT2D eigenvalue weighted by atomic mass is 10.2. The first-order valence-corrected chi connectivity index (χ1v) is 11.1. The van der Waals surface area contributed by atoms with Crippen LogP contribution in [0.15, 0.2) is 64.5 Å². The lowest BCUT2D eigenvalue weighted by molar-refractivity contribution is -0.384. The van der Waals surface area contributed by atoms with E-state index in [0.29, 0.717) is 43.6 Å². The fourth-order valence-corrected chi connectivity index (χ4v) is 4.47. The molecule has 2 aromatic carbocycles. The van der Waals surface area contributed by atoms with Gasteiger partial charge in [0.05, 0.1) is 17.2 Å². The molecular weight excluding hydrogens is 432 g/mol. The topological polar surface area (TPSA) is 117 Å². The van der Waals surface area contributed by atoms with Gasteiger partial charge in [0.2, 0.25) is 5.91 Å². The van der Waals surface area contributed by atoms with Crippen molar-refractivity contribution in [2.75, 3.05) is 36.8 Å². The van der Waals surface area contributed by atoms with E-state index in [0.717, 1.165) is 5.56 Å². The zero-order chi connectivity index (χ0) is 22.5. The Balaban J connectivity index is 1.34. The second-order valence-electron chi connectivity index (χ2n) is 7.29. The Morgan fingerprint density at radius 2 is 1.75 bits per heavy atom. The highest BCUT2D eigenvalue weighted by Crippen LogP contribution is 2.28. The fraction of sp³-hybridized carbons (Fsp3) is 0.286. The molecule has 1 aromatic heterocycles. The molecule has 0 saturated carbocycles. The molecule has 1 saturated heterocycles. The maximum Gasteiger partial charge on any atom is 0.344 e. The van der Waals surface area contributed by atoms with Gasteiger partial charge in [0.1, 0.15) is 5.69 Å². The second-order valence-corrected chi connectivity index (χ2v) is 8.23. The van der Waals surface area contributed by atoms with Crippen molar-refractivity contribution >= 4 is 29.0 Å². The number of thioether (sulfide) groups is 1. The number of hydrogen-bond donors (Lipinski definition) is 1. The third-order valence-corrected chi connectivity index (χ3v) is 6.24. The smallest absolute Gasteiger partial charge is 0.344 e. The molecule has 166 valence electrons. The van der Waals surface area contributed by atoms with Crippen LogP contribution in [0.4, 0.5) is 11.4 Å². The molecule has 4 rings (SSSR count). The SMILES string of the molecule is O=C(CSc1n[nH]c(=O)n1Cc1ccccc1)N1CCN(c2ccccc2[N+](=O)[O-])CC1. The molecule has 0 bridgehead atoms. The van der Waals surface area contributed by atoms with Gasteiger partial charge in [-0.05, 0) is 11.6 Å². The standard InChI is InChI=1S/C21H22N6O4S/c28-19(15-32-21-23-22-20(29)26(21)14-16-6-2-1-3-7-16)25-12-10-24(11-13-25)17-8-4-5-9-18(17)27(30)31/h1-9H,10-15H2,(H,22,29). The highest BCUT2D eigenvalue weighted by atomic mass is 32.2. The first-order valence-electron chi connectivity index (χ1n) is 10.1. The van der Waals surface area contributed by atoms with Crippen molar-refractivity contribution < 1.29 is 9.72 Å². The molecule has 1 amide bonds. The van der Waals surface area contributed by atoms with Gasteiger partial charge in [0, 0.05) is 32.2 Å².